The summed E-state index contributed by atoms with van der Waals surface area (Å²) in [6.45, 7) is 2.57. The van der Waals surface area contributed by atoms with Crippen LogP contribution in [0.25, 0.3) is 0 Å². The van der Waals surface area contributed by atoms with Gasteiger partial charge in [0.2, 0.25) is 0 Å². The van der Waals surface area contributed by atoms with Crippen molar-refractivity contribution in [3.05, 3.63) is 18.2 Å². The molecule has 0 aromatic carbocycles. The van der Waals surface area contributed by atoms with Gasteiger partial charge in [-0.15, -0.1) is 0 Å². The summed E-state index contributed by atoms with van der Waals surface area (Å²) < 4.78 is 6.93. The average Bonchev–Trinajstić information content (AvgIpc) is 3.09. The average molecular weight is 237 g/mol. The molecule has 1 aromatic rings. The fraction of sp³-hybridized carbons (Fsp3) is 0.667. The van der Waals surface area contributed by atoms with Gasteiger partial charge < -0.3 is 9.30 Å². The van der Waals surface area contributed by atoms with E-state index < -0.39 is 0 Å². The molecule has 1 heterocycles. The monoisotopic (exact) mass is 237 g/mol. The third kappa shape index (κ3) is 2.85. The predicted octanol–water partition coefficient (Wildman–Crippen LogP) is 1.26. The topological polar surface area (TPSA) is 56.2 Å². The number of methoxy groups -OCH3 is 1. The van der Waals surface area contributed by atoms with Crippen LogP contribution in [-0.4, -0.2) is 28.7 Å². The summed E-state index contributed by atoms with van der Waals surface area (Å²) in [4.78, 5) is 15.7. The molecule has 1 aliphatic carbocycles. The minimum absolute atomic E-state index is 0.211. The van der Waals surface area contributed by atoms with Crippen LogP contribution in [0, 0.1) is 0 Å². The van der Waals surface area contributed by atoms with E-state index in [4.69, 9.17) is 4.74 Å². The molecule has 5 nitrogen and oxygen atoms in total. The first-order valence-electron chi connectivity index (χ1n) is 6.09. The number of nitrogens with zero attached hydrogens (tertiary/aromatic N) is 2. The lowest BCUT2D eigenvalue weighted by molar-refractivity contribution is -0.143. The van der Waals surface area contributed by atoms with Crippen molar-refractivity contribution in [2.24, 2.45) is 0 Å². The Kier molecular flexibility index (Phi) is 3.78. The second kappa shape index (κ2) is 5.31. The zero-order valence-electron chi connectivity index (χ0n) is 10.3. The van der Waals surface area contributed by atoms with Gasteiger partial charge >= 0.3 is 5.97 Å². The largest absolute Gasteiger partial charge is 0.468 e. The number of aromatic nitrogens is 2. The third-order valence-corrected chi connectivity index (χ3v) is 3.09. The number of carbonyl (C=O) groups is 1. The summed E-state index contributed by atoms with van der Waals surface area (Å²) in [6, 6.07) is 0.372. The van der Waals surface area contributed by atoms with Gasteiger partial charge in [0, 0.05) is 18.4 Å². The molecule has 1 fully saturated rings. The quantitative estimate of drug-likeness (QED) is 0.757. The van der Waals surface area contributed by atoms with Gasteiger partial charge in [0.15, 0.2) is 0 Å². The summed E-state index contributed by atoms with van der Waals surface area (Å²) >= 11 is 0. The first-order valence-corrected chi connectivity index (χ1v) is 6.09. The lowest BCUT2D eigenvalue weighted by Crippen LogP contribution is -2.37. The molecule has 1 unspecified atom stereocenters. The number of nitrogens with one attached hydrogen (secondary N) is 1. The van der Waals surface area contributed by atoms with E-state index in [1.165, 1.54) is 20.0 Å². The Hall–Kier alpha value is -1.36. The van der Waals surface area contributed by atoms with Gasteiger partial charge in [-0.3, -0.25) is 10.1 Å². The van der Waals surface area contributed by atoms with E-state index in [0.717, 1.165) is 12.2 Å². The SMILES string of the molecule is CCC(NCc1nccn1C1CC1)C(=O)OC. The molecule has 1 aromatic heterocycles. The van der Waals surface area contributed by atoms with Crippen LogP contribution in [0.3, 0.4) is 0 Å². The Morgan fingerprint density at radius 1 is 1.71 bits per heavy atom. The summed E-state index contributed by atoms with van der Waals surface area (Å²) in [5.74, 6) is 0.784. The fourth-order valence-electron chi connectivity index (χ4n) is 1.92. The Labute approximate surface area is 101 Å². The van der Waals surface area contributed by atoms with E-state index in [1.807, 2.05) is 19.3 Å². The van der Waals surface area contributed by atoms with Crippen molar-refractivity contribution in [3.8, 4) is 0 Å². The number of esters is 1. The van der Waals surface area contributed by atoms with Crippen molar-refractivity contribution in [1.82, 2.24) is 14.9 Å². The highest BCUT2D eigenvalue weighted by atomic mass is 16.5. The zero-order chi connectivity index (χ0) is 12.3. The van der Waals surface area contributed by atoms with E-state index in [-0.39, 0.29) is 12.0 Å². The first-order chi connectivity index (χ1) is 8.26. The van der Waals surface area contributed by atoms with Gasteiger partial charge in [0.1, 0.15) is 11.9 Å². The summed E-state index contributed by atoms with van der Waals surface area (Å²) in [5, 5.41) is 3.19. The maximum absolute atomic E-state index is 11.4. The lowest BCUT2D eigenvalue weighted by Gasteiger charge is -2.14. The van der Waals surface area contributed by atoms with Crippen LogP contribution >= 0.6 is 0 Å². The zero-order valence-corrected chi connectivity index (χ0v) is 10.3. The minimum atomic E-state index is -0.246. The van der Waals surface area contributed by atoms with Crippen molar-refractivity contribution in [1.29, 1.82) is 0 Å². The van der Waals surface area contributed by atoms with Crippen LogP contribution in [0.1, 0.15) is 38.1 Å². The summed E-state index contributed by atoms with van der Waals surface area (Å²) in [7, 11) is 1.41. The van der Waals surface area contributed by atoms with Crippen molar-refractivity contribution in [2.75, 3.05) is 7.11 Å². The highest BCUT2D eigenvalue weighted by molar-refractivity contribution is 5.75. The van der Waals surface area contributed by atoms with Crippen LogP contribution in [0.15, 0.2) is 12.4 Å². The second-order valence-electron chi connectivity index (χ2n) is 4.35. The Morgan fingerprint density at radius 3 is 3.06 bits per heavy atom. The second-order valence-corrected chi connectivity index (χ2v) is 4.35. The molecule has 0 saturated heterocycles. The molecule has 1 atom stereocenters. The van der Waals surface area contributed by atoms with Crippen molar-refractivity contribution < 1.29 is 9.53 Å². The maximum Gasteiger partial charge on any atom is 0.322 e. The Morgan fingerprint density at radius 2 is 2.47 bits per heavy atom. The number of hydrogen-bond donors (Lipinski definition) is 1. The maximum atomic E-state index is 11.4. The Bertz CT molecular complexity index is 385. The first kappa shape index (κ1) is 12.1. The van der Waals surface area contributed by atoms with Crippen LogP contribution in [0.4, 0.5) is 0 Å². The molecule has 1 N–H and O–H groups in total. The predicted molar refractivity (Wildman–Crippen MR) is 63.4 cm³/mol. The fourth-order valence-corrected chi connectivity index (χ4v) is 1.92. The summed E-state index contributed by atoms with van der Waals surface area (Å²) in [6.07, 6.45) is 7.01. The number of rotatable bonds is 6. The summed E-state index contributed by atoms with van der Waals surface area (Å²) in [5.41, 5.74) is 0. The van der Waals surface area contributed by atoms with Crippen molar-refractivity contribution in [2.45, 2.75) is 44.8 Å². The number of imidazole rings is 1. The highest BCUT2D eigenvalue weighted by Crippen LogP contribution is 2.35. The van der Waals surface area contributed by atoms with E-state index in [1.54, 1.807) is 0 Å². The molecule has 0 aliphatic heterocycles. The smallest absolute Gasteiger partial charge is 0.322 e. The molecule has 0 bridgehead atoms. The Balaban J connectivity index is 1.91. The molecule has 17 heavy (non-hydrogen) atoms. The van der Waals surface area contributed by atoms with Crippen LogP contribution in [-0.2, 0) is 16.1 Å². The highest BCUT2D eigenvalue weighted by Gasteiger charge is 2.25. The third-order valence-electron chi connectivity index (χ3n) is 3.09. The van der Waals surface area contributed by atoms with Crippen LogP contribution in [0.5, 0.6) is 0 Å². The number of hydrogen-bond acceptors (Lipinski definition) is 4. The normalized spacial score (nSPS) is 16.8. The molecule has 2 rings (SSSR count). The van der Waals surface area contributed by atoms with Gasteiger partial charge in [-0.1, -0.05) is 6.92 Å². The van der Waals surface area contributed by atoms with Crippen LogP contribution < -0.4 is 5.32 Å². The van der Waals surface area contributed by atoms with Gasteiger partial charge in [-0.2, -0.15) is 0 Å². The molecule has 0 radical (unpaired) electrons. The molecule has 0 spiro atoms. The molecular weight excluding hydrogens is 218 g/mol. The van der Waals surface area contributed by atoms with Gasteiger partial charge in [-0.25, -0.2) is 4.98 Å². The molecule has 1 saturated carbocycles. The van der Waals surface area contributed by atoms with Gasteiger partial charge in [-0.05, 0) is 19.3 Å². The van der Waals surface area contributed by atoms with E-state index >= 15 is 0 Å². The standard InChI is InChI=1S/C12H19N3O2/c1-3-10(12(16)17-2)14-8-11-13-6-7-15(11)9-4-5-9/h6-7,9-10,14H,3-5,8H2,1-2H3. The van der Waals surface area contributed by atoms with Gasteiger partial charge in [0.05, 0.1) is 13.7 Å². The molecular formula is C12H19N3O2. The number of carbonyl (C=O) groups excluding carboxylic acids is 1. The molecule has 1 aliphatic rings. The molecule has 0 amide bonds. The molecule has 94 valence electrons. The number of ether oxygens (including phenoxy) is 1. The van der Waals surface area contributed by atoms with E-state index in [0.29, 0.717) is 12.6 Å². The van der Waals surface area contributed by atoms with Crippen LogP contribution in [0.2, 0.25) is 0 Å². The van der Waals surface area contributed by atoms with Crippen molar-refractivity contribution in [3.63, 3.8) is 0 Å². The molecule has 5 heteroatoms. The van der Waals surface area contributed by atoms with Gasteiger partial charge in [0.25, 0.3) is 0 Å². The van der Waals surface area contributed by atoms with Crippen molar-refractivity contribution >= 4 is 5.97 Å². The van der Waals surface area contributed by atoms with E-state index in [2.05, 4.69) is 14.9 Å². The minimum Gasteiger partial charge on any atom is -0.468 e. The van der Waals surface area contributed by atoms with E-state index in [9.17, 15) is 4.79 Å². The lowest BCUT2D eigenvalue weighted by atomic mass is 10.2.